The molecule has 0 aliphatic carbocycles. The first-order chi connectivity index (χ1) is 6.56. The van der Waals surface area contributed by atoms with Gasteiger partial charge in [0.25, 0.3) is 0 Å². The number of benzene rings is 1. The van der Waals surface area contributed by atoms with E-state index >= 15 is 0 Å². The Morgan fingerprint density at radius 1 is 1.29 bits per heavy atom. The van der Waals surface area contributed by atoms with Crippen LogP contribution in [-0.4, -0.2) is 25.5 Å². The third kappa shape index (κ3) is 2.30. The Balaban J connectivity index is 3.25. The second-order valence-corrected chi connectivity index (χ2v) is 3.79. The van der Waals surface area contributed by atoms with Crippen molar-refractivity contribution in [3.63, 3.8) is 0 Å². The van der Waals surface area contributed by atoms with Gasteiger partial charge in [0.1, 0.15) is 0 Å². The van der Waals surface area contributed by atoms with Crippen molar-refractivity contribution in [1.82, 2.24) is 0 Å². The quantitative estimate of drug-likeness (QED) is 0.484. The number of halogens is 2. The summed E-state index contributed by atoms with van der Waals surface area (Å²) in [5, 5.41) is 12.3. The standard InChI is InChI=1S/C9H10Cl2N2O/c1-13(2)9-7(10)3-6(5-12-14)4-8(9)11/h3-5,14H,1-2H3/b12-5+. The molecule has 0 saturated carbocycles. The van der Waals surface area contributed by atoms with E-state index in [4.69, 9.17) is 28.4 Å². The van der Waals surface area contributed by atoms with Crippen molar-refractivity contribution < 1.29 is 5.21 Å². The van der Waals surface area contributed by atoms with E-state index in [0.29, 0.717) is 15.6 Å². The van der Waals surface area contributed by atoms with E-state index in [1.165, 1.54) is 6.21 Å². The number of rotatable bonds is 2. The smallest absolute Gasteiger partial charge is 0.0740 e. The van der Waals surface area contributed by atoms with Gasteiger partial charge in [-0.25, -0.2) is 0 Å². The van der Waals surface area contributed by atoms with Crippen LogP contribution in [0.5, 0.6) is 0 Å². The molecular formula is C9H10Cl2N2O. The molecule has 0 spiro atoms. The summed E-state index contributed by atoms with van der Waals surface area (Å²) in [7, 11) is 3.71. The minimum atomic E-state index is 0.525. The first-order valence-corrected chi connectivity index (χ1v) is 4.65. The largest absolute Gasteiger partial charge is 0.411 e. The highest BCUT2D eigenvalue weighted by atomic mass is 35.5. The van der Waals surface area contributed by atoms with Gasteiger partial charge in [0, 0.05) is 14.1 Å². The second-order valence-electron chi connectivity index (χ2n) is 2.97. The molecule has 0 saturated heterocycles. The van der Waals surface area contributed by atoms with Crippen LogP contribution in [0.3, 0.4) is 0 Å². The molecule has 1 N–H and O–H groups in total. The average Bonchev–Trinajstić information content (AvgIpc) is 2.01. The van der Waals surface area contributed by atoms with Crippen molar-refractivity contribution in [2.24, 2.45) is 5.16 Å². The number of nitrogens with zero attached hydrogens (tertiary/aromatic N) is 2. The van der Waals surface area contributed by atoms with Crippen LogP contribution in [0.2, 0.25) is 10.0 Å². The molecule has 0 aromatic heterocycles. The molecule has 3 nitrogen and oxygen atoms in total. The van der Waals surface area contributed by atoms with E-state index < -0.39 is 0 Å². The normalized spacial score (nSPS) is 10.9. The molecule has 1 rings (SSSR count). The summed E-state index contributed by atoms with van der Waals surface area (Å²) >= 11 is 12.0. The van der Waals surface area contributed by atoms with E-state index in [9.17, 15) is 0 Å². The van der Waals surface area contributed by atoms with Crippen LogP contribution in [-0.2, 0) is 0 Å². The van der Waals surface area contributed by atoms with Crippen LogP contribution in [0.25, 0.3) is 0 Å². The molecule has 0 bridgehead atoms. The maximum atomic E-state index is 8.35. The SMILES string of the molecule is CN(C)c1c(Cl)cc(/C=N/O)cc1Cl. The molecule has 5 heteroatoms. The zero-order valence-electron chi connectivity index (χ0n) is 7.83. The van der Waals surface area contributed by atoms with Gasteiger partial charge in [-0.1, -0.05) is 28.4 Å². The topological polar surface area (TPSA) is 35.8 Å². The fourth-order valence-electron chi connectivity index (χ4n) is 1.15. The van der Waals surface area contributed by atoms with Crippen molar-refractivity contribution in [1.29, 1.82) is 0 Å². The lowest BCUT2D eigenvalue weighted by molar-refractivity contribution is 0.322. The molecule has 0 aliphatic heterocycles. The third-order valence-electron chi connectivity index (χ3n) is 1.69. The van der Waals surface area contributed by atoms with Gasteiger partial charge in [-0.3, -0.25) is 0 Å². The lowest BCUT2D eigenvalue weighted by atomic mass is 10.2. The fraction of sp³-hybridized carbons (Fsp3) is 0.222. The summed E-state index contributed by atoms with van der Waals surface area (Å²) < 4.78 is 0. The predicted octanol–water partition coefficient (Wildman–Crippen LogP) is 2.87. The Morgan fingerprint density at radius 2 is 1.79 bits per heavy atom. The van der Waals surface area contributed by atoms with Crippen LogP contribution in [0.4, 0.5) is 5.69 Å². The number of anilines is 1. The molecule has 0 heterocycles. The summed E-state index contributed by atoms with van der Waals surface area (Å²) in [5.41, 5.74) is 1.41. The lowest BCUT2D eigenvalue weighted by Crippen LogP contribution is -2.10. The van der Waals surface area contributed by atoms with E-state index in [1.807, 2.05) is 19.0 Å². The average molecular weight is 233 g/mol. The molecule has 0 fully saturated rings. The maximum absolute atomic E-state index is 8.35. The molecule has 0 radical (unpaired) electrons. The number of hydrogen-bond donors (Lipinski definition) is 1. The minimum absolute atomic E-state index is 0.525. The van der Waals surface area contributed by atoms with Gasteiger partial charge in [0.15, 0.2) is 0 Å². The molecule has 1 aromatic rings. The van der Waals surface area contributed by atoms with Crippen LogP contribution < -0.4 is 4.90 Å². The second kappa shape index (κ2) is 4.53. The Hall–Kier alpha value is -0.930. The summed E-state index contributed by atoms with van der Waals surface area (Å²) in [6, 6.07) is 3.37. The van der Waals surface area contributed by atoms with Crippen LogP contribution in [0.1, 0.15) is 5.56 Å². The first kappa shape index (κ1) is 11.1. The molecule has 76 valence electrons. The van der Waals surface area contributed by atoms with Crippen LogP contribution in [0.15, 0.2) is 17.3 Å². The highest BCUT2D eigenvalue weighted by Gasteiger charge is 2.09. The van der Waals surface area contributed by atoms with E-state index in [-0.39, 0.29) is 0 Å². The molecule has 14 heavy (non-hydrogen) atoms. The zero-order valence-corrected chi connectivity index (χ0v) is 9.34. The van der Waals surface area contributed by atoms with Gasteiger partial charge in [-0.15, -0.1) is 0 Å². The highest BCUT2D eigenvalue weighted by molar-refractivity contribution is 6.39. The Kier molecular flexibility index (Phi) is 3.61. The first-order valence-electron chi connectivity index (χ1n) is 3.90. The molecule has 1 aromatic carbocycles. The molecular weight excluding hydrogens is 223 g/mol. The Labute approximate surface area is 92.5 Å². The maximum Gasteiger partial charge on any atom is 0.0740 e. The van der Waals surface area contributed by atoms with Crippen molar-refractivity contribution in [2.45, 2.75) is 0 Å². The fourth-order valence-corrected chi connectivity index (χ4v) is 2.00. The van der Waals surface area contributed by atoms with Gasteiger partial charge in [0.2, 0.25) is 0 Å². The molecule has 0 amide bonds. The number of oxime groups is 1. The van der Waals surface area contributed by atoms with Gasteiger partial charge >= 0.3 is 0 Å². The zero-order chi connectivity index (χ0) is 10.7. The van der Waals surface area contributed by atoms with Crippen LogP contribution in [0, 0.1) is 0 Å². The predicted molar refractivity (Wildman–Crippen MR) is 60.2 cm³/mol. The summed E-state index contributed by atoms with van der Waals surface area (Å²) in [6.07, 6.45) is 1.27. The van der Waals surface area contributed by atoms with Gasteiger partial charge in [-0.05, 0) is 17.7 Å². The molecule has 0 unspecified atom stereocenters. The third-order valence-corrected chi connectivity index (χ3v) is 2.27. The van der Waals surface area contributed by atoms with Crippen molar-refractivity contribution >= 4 is 35.1 Å². The van der Waals surface area contributed by atoms with E-state index in [0.717, 1.165) is 5.69 Å². The Morgan fingerprint density at radius 3 is 2.14 bits per heavy atom. The molecule has 0 atom stereocenters. The van der Waals surface area contributed by atoms with Gasteiger partial charge in [0.05, 0.1) is 21.9 Å². The van der Waals surface area contributed by atoms with Crippen LogP contribution >= 0.6 is 23.2 Å². The monoisotopic (exact) mass is 232 g/mol. The van der Waals surface area contributed by atoms with Crippen molar-refractivity contribution in [2.75, 3.05) is 19.0 Å². The highest BCUT2D eigenvalue weighted by Crippen LogP contribution is 2.33. The summed E-state index contributed by atoms with van der Waals surface area (Å²) in [5.74, 6) is 0. The van der Waals surface area contributed by atoms with Gasteiger partial charge in [-0.2, -0.15) is 0 Å². The van der Waals surface area contributed by atoms with Crippen molar-refractivity contribution in [3.8, 4) is 0 Å². The van der Waals surface area contributed by atoms with Crippen molar-refractivity contribution in [3.05, 3.63) is 27.7 Å². The minimum Gasteiger partial charge on any atom is -0.411 e. The number of hydrogen-bond acceptors (Lipinski definition) is 3. The molecule has 0 aliphatic rings. The van der Waals surface area contributed by atoms with E-state index in [2.05, 4.69) is 5.16 Å². The summed E-state index contributed by atoms with van der Waals surface area (Å²) in [6.45, 7) is 0. The summed E-state index contributed by atoms with van der Waals surface area (Å²) in [4.78, 5) is 1.82. The lowest BCUT2D eigenvalue weighted by Gasteiger charge is -2.16. The van der Waals surface area contributed by atoms with Gasteiger partial charge < -0.3 is 10.1 Å². The Bertz CT molecular complexity index is 341. The van der Waals surface area contributed by atoms with E-state index in [1.54, 1.807) is 12.1 Å².